The zero-order valence-corrected chi connectivity index (χ0v) is 19.7. The smallest absolute Gasteiger partial charge is 0.386 e. The standard InChI is InChI=1S/C23H21F3N4O4S/c1-14-11-19(28-30(14)13-15-5-4-6-17(12-15)22(2,3)31)21-27-20(29-34-21)16-7-9-18(10-8-16)35(32,33)23(24,25)26/h4-12,31H,13H2,1-3H3. The molecule has 0 amide bonds. The Morgan fingerprint density at radius 3 is 2.37 bits per heavy atom. The third-order valence-corrected chi connectivity index (χ3v) is 6.82. The van der Waals surface area contributed by atoms with E-state index in [1.807, 2.05) is 31.2 Å². The molecule has 2 heterocycles. The van der Waals surface area contributed by atoms with Gasteiger partial charge in [-0.05, 0) is 62.2 Å². The van der Waals surface area contributed by atoms with Crippen LogP contribution in [0.3, 0.4) is 0 Å². The largest absolute Gasteiger partial charge is 0.501 e. The number of halogens is 3. The highest BCUT2D eigenvalue weighted by atomic mass is 32.2. The van der Waals surface area contributed by atoms with Crippen LogP contribution in [0.15, 0.2) is 64.0 Å². The Morgan fingerprint density at radius 2 is 1.74 bits per heavy atom. The van der Waals surface area contributed by atoms with Gasteiger partial charge in [-0.15, -0.1) is 0 Å². The number of sulfone groups is 1. The predicted molar refractivity (Wildman–Crippen MR) is 120 cm³/mol. The van der Waals surface area contributed by atoms with Gasteiger partial charge in [-0.25, -0.2) is 8.42 Å². The minimum absolute atomic E-state index is 0.0704. The SMILES string of the molecule is Cc1cc(-c2nc(-c3ccc(S(=O)(=O)C(F)(F)F)cc3)no2)nn1Cc1cccc(C(C)(C)O)c1. The molecule has 0 radical (unpaired) electrons. The van der Waals surface area contributed by atoms with Gasteiger partial charge in [-0.1, -0.05) is 29.4 Å². The molecule has 0 saturated heterocycles. The molecule has 0 atom stereocenters. The molecule has 12 heteroatoms. The molecular formula is C23H21F3N4O4S. The lowest BCUT2D eigenvalue weighted by Crippen LogP contribution is -2.23. The van der Waals surface area contributed by atoms with E-state index in [0.717, 1.165) is 29.0 Å². The minimum Gasteiger partial charge on any atom is -0.386 e. The molecule has 8 nitrogen and oxygen atoms in total. The van der Waals surface area contributed by atoms with Gasteiger partial charge >= 0.3 is 5.51 Å². The lowest BCUT2D eigenvalue weighted by Gasteiger charge is -2.18. The summed E-state index contributed by atoms with van der Waals surface area (Å²) in [6.07, 6.45) is 0. The van der Waals surface area contributed by atoms with E-state index in [4.69, 9.17) is 4.52 Å². The number of benzene rings is 2. The predicted octanol–water partition coefficient (Wildman–Crippen LogP) is 4.48. The molecule has 1 N–H and O–H groups in total. The Morgan fingerprint density at radius 1 is 1.06 bits per heavy atom. The molecule has 0 aliphatic carbocycles. The number of rotatable bonds is 6. The molecule has 0 bridgehead atoms. The van der Waals surface area contributed by atoms with Crippen molar-refractivity contribution in [1.29, 1.82) is 0 Å². The number of aromatic nitrogens is 4. The Bertz CT molecular complexity index is 1470. The van der Waals surface area contributed by atoms with Crippen molar-refractivity contribution in [3.63, 3.8) is 0 Å². The molecule has 0 fully saturated rings. The van der Waals surface area contributed by atoms with Crippen molar-refractivity contribution in [1.82, 2.24) is 19.9 Å². The van der Waals surface area contributed by atoms with Gasteiger partial charge in [-0.2, -0.15) is 23.3 Å². The van der Waals surface area contributed by atoms with Gasteiger partial charge in [0.2, 0.25) is 5.82 Å². The highest BCUT2D eigenvalue weighted by Crippen LogP contribution is 2.31. The third-order valence-electron chi connectivity index (χ3n) is 5.32. The average molecular weight is 507 g/mol. The molecule has 0 aliphatic heterocycles. The quantitative estimate of drug-likeness (QED) is 0.411. The molecular weight excluding hydrogens is 485 g/mol. The number of nitrogens with zero attached hydrogens (tertiary/aromatic N) is 4. The summed E-state index contributed by atoms with van der Waals surface area (Å²) in [5, 5.41) is 18.6. The highest BCUT2D eigenvalue weighted by molar-refractivity contribution is 7.92. The number of aliphatic hydroxyl groups is 1. The van der Waals surface area contributed by atoms with Crippen molar-refractivity contribution in [2.75, 3.05) is 0 Å². The first-order chi connectivity index (χ1) is 16.3. The normalized spacial score (nSPS) is 12.8. The molecule has 184 valence electrons. The summed E-state index contributed by atoms with van der Waals surface area (Å²) in [6.45, 7) is 5.71. The fraction of sp³-hybridized carbons (Fsp3) is 0.261. The van der Waals surface area contributed by atoms with E-state index in [1.54, 1.807) is 24.6 Å². The van der Waals surface area contributed by atoms with Gasteiger partial charge in [0.05, 0.1) is 17.0 Å². The summed E-state index contributed by atoms with van der Waals surface area (Å²) in [7, 11) is -5.44. The molecule has 35 heavy (non-hydrogen) atoms. The second kappa shape index (κ2) is 8.61. The summed E-state index contributed by atoms with van der Waals surface area (Å²) in [5.74, 6) is 0.167. The maximum atomic E-state index is 12.7. The fourth-order valence-electron chi connectivity index (χ4n) is 3.36. The van der Waals surface area contributed by atoms with Crippen LogP contribution >= 0.6 is 0 Å². The maximum Gasteiger partial charge on any atom is 0.501 e. The van der Waals surface area contributed by atoms with E-state index in [0.29, 0.717) is 12.2 Å². The van der Waals surface area contributed by atoms with Gasteiger partial charge in [0.15, 0.2) is 5.69 Å². The number of hydrogen-bond donors (Lipinski definition) is 1. The van der Waals surface area contributed by atoms with E-state index in [1.165, 1.54) is 12.1 Å². The van der Waals surface area contributed by atoms with E-state index in [9.17, 15) is 26.7 Å². The summed E-state index contributed by atoms with van der Waals surface area (Å²) in [4.78, 5) is 3.37. The van der Waals surface area contributed by atoms with Crippen molar-refractivity contribution in [3.05, 3.63) is 71.4 Å². The number of alkyl halides is 3. The first kappa shape index (κ1) is 24.6. The van der Waals surface area contributed by atoms with Crippen LogP contribution in [-0.2, 0) is 22.0 Å². The highest BCUT2D eigenvalue weighted by Gasteiger charge is 2.46. The minimum atomic E-state index is -5.44. The van der Waals surface area contributed by atoms with Crippen molar-refractivity contribution >= 4 is 9.84 Å². The van der Waals surface area contributed by atoms with Crippen molar-refractivity contribution < 1.29 is 31.2 Å². The summed E-state index contributed by atoms with van der Waals surface area (Å²) in [5.41, 5.74) is -3.17. The summed E-state index contributed by atoms with van der Waals surface area (Å²) < 4.78 is 68.2. The second-order valence-corrected chi connectivity index (χ2v) is 10.4. The third kappa shape index (κ3) is 4.98. The van der Waals surface area contributed by atoms with Crippen LogP contribution in [0.1, 0.15) is 30.7 Å². The van der Waals surface area contributed by atoms with Gasteiger partial charge in [-0.3, -0.25) is 4.68 Å². The Balaban J connectivity index is 1.56. The topological polar surface area (TPSA) is 111 Å². The van der Waals surface area contributed by atoms with E-state index in [2.05, 4.69) is 15.2 Å². The van der Waals surface area contributed by atoms with Crippen LogP contribution in [0.5, 0.6) is 0 Å². The van der Waals surface area contributed by atoms with Crippen LogP contribution in [0, 0.1) is 6.92 Å². The Hall–Kier alpha value is -3.51. The summed E-state index contributed by atoms with van der Waals surface area (Å²) >= 11 is 0. The molecule has 4 aromatic rings. The summed E-state index contributed by atoms with van der Waals surface area (Å²) in [6, 6.07) is 13.3. The average Bonchev–Trinajstić information content (AvgIpc) is 3.40. The molecule has 2 aromatic heterocycles. The zero-order valence-electron chi connectivity index (χ0n) is 18.9. The molecule has 4 rings (SSSR count). The Labute approximate surface area is 199 Å². The monoisotopic (exact) mass is 506 g/mol. The number of aryl methyl sites for hydroxylation is 1. The van der Waals surface area contributed by atoms with Gasteiger partial charge < -0.3 is 9.63 Å². The first-order valence-electron chi connectivity index (χ1n) is 10.4. The van der Waals surface area contributed by atoms with E-state index in [-0.39, 0.29) is 17.3 Å². The molecule has 0 unspecified atom stereocenters. The second-order valence-electron chi connectivity index (χ2n) is 8.48. The maximum absolute atomic E-state index is 12.7. The van der Waals surface area contributed by atoms with Gasteiger partial charge in [0, 0.05) is 11.3 Å². The van der Waals surface area contributed by atoms with Crippen LogP contribution in [0.2, 0.25) is 0 Å². The van der Waals surface area contributed by atoms with Crippen molar-refractivity contribution in [3.8, 4) is 23.0 Å². The lowest BCUT2D eigenvalue weighted by atomic mass is 9.96. The van der Waals surface area contributed by atoms with Crippen LogP contribution in [0.4, 0.5) is 13.2 Å². The van der Waals surface area contributed by atoms with Gasteiger partial charge in [0.25, 0.3) is 15.7 Å². The zero-order chi connectivity index (χ0) is 25.6. The molecule has 0 saturated carbocycles. The van der Waals surface area contributed by atoms with Crippen LogP contribution in [-0.4, -0.2) is 39.0 Å². The van der Waals surface area contributed by atoms with Crippen molar-refractivity contribution in [2.24, 2.45) is 0 Å². The van der Waals surface area contributed by atoms with Crippen LogP contribution in [0.25, 0.3) is 23.0 Å². The molecule has 0 aliphatic rings. The number of hydrogen-bond acceptors (Lipinski definition) is 7. The molecule has 0 spiro atoms. The van der Waals surface area contributed by atoms with Gasteiger partial charge in [0.1, 0.15) is 0 Å². The van der Waals surface area contributed by atoms with Crippen molar-refractivity contribution in [2.45, 2.75) is 43.3 Å². The van der Waals surface area contributed by atoms with Crippen LogP contribution < -0.4 is 0 Å². The lowest BCUT2D eigenvalue weighted by molar-refractivity contribution is -0.0436. The first-order valence-corrected chi connectivity index (χ1v) is 11.9. The molecule has 2 aromatic carbocycles. The van der Waals surface area contributed by atoms with E-state index >= 15 is 0 Å². The Kier molecular flexibility index (Phi) is 6.05. The van der Waals surface area contributed by atoms with E-state index < -0.39 is 25.8 Å². The fourth-order valence-corrected chi connectivity index (χ4v) is 4.12.